The van der Waals surface area contributed by atoms with Gasteiger partial charge in [-0.3, -0.25) is 0 Å². The van der Waals surface area contributed by atoms with Crippen molar-refractivity contribution in [1.29, 1.82) is 0 Å². The van der Waals surface area contributed by atoms with Gasteiger partial charge in [-0.15, -0.1) is 0 Å². The highest BCUT2D eigenvalue weighted by atomic mass is 15.1. The number of aryl methyl sites for hydroxylation is 2. The maximum atomic E-state index is 5.23. The maximum Gasteiger partial charge on any atom is 0.109 e. The second-order valence-electron chi connectivity index (χ2n) is 15.3. The van der Waals surface area contributed by atoms with Gasteiger partial charge in [0.1, 0.15) is 5.82 Å². The Morgan fingerprint density at radius 1 is 0.413 bits per heavy atom. The van der Waals surface area contributed by atoms with Crippen molar-refractivity contribution in [2.45, 2.75) is 265 Å². The molecule has 1 unspecified atom stereocenters. The second-order valence-corrected chi connectivity index (χ2v) is 15.3. The van der Waals surface area contributed by atoms with Crippen LogP contribution in [0, 0.1) is 0 Å². The monoisotopic (exact) mass is 643 g/mol. The van der Waals surface area contributed by atoms with Crippen molar-refractivity contribution in [2.24, 2.45) is 0 Å². The van der Waals surface area contributed by atoms with Gasteiger partial charge >= 0.3 is 0 Å². The van der Waals surface area contributed by atoms with Crippen molar-refractivity contribution in [3.63, 3.8) is 0 Å². The molecule has 0 amide bonds. The van der Waals surface area contributed by atoms with Crippen LogP contribution in [0.3, 0.4) is 0 Å². The van der Waals surface area contributed by atoms with Crippen molar-refractivity contribution in [3.8, 4) is 0 Å². The van der Waals surface area contributed by atoms with E-state index in [1.54, 1.807) is 0 Å². The van der Waals surface area contributed by atoms with E-state index in [4.69, 9.17) is 4.98 Å². The molecule has 0 radical (unpaired) electrons. The van der Waals surface area contributed by atoms with Gasteiger partial charge in [-0.2, -0.15) is 0 Å². The molecule has 0 spiro atoms. The standard InChI is InChI=1S/C44H86N2/c1-5-8-11-14-16-18-20-22-23-24-25-27-29-31-34-37-40-44-45-43(39-36-32-13-10-7-3)41-46(44)42(4)38-35-33-30-28-26-21-19-17-15-12-9-6-2/h41-42H,5-40H2,1-4H3. The number of rotatable bonds is 37. The van der Waals surface area contributed by atoms with Gasteiger partial charge in [0, 0.05) is 18.7 Å². The summed E-state index contributed by atoms with van der Waals surface area (Å²) in [6.07, 6.45) is 53.1. The molecule has 0 aliphatic rings. The van der Waals surface area contributed by atoms with Crippen molar-refractivity contribution >= 4 is 0 Å². The summed E-state index contributed by atoms with van der Waals surface area (Å²) in [5, 5.41) is 0. The summed E-state index contributed by atoms with van der Waals surface area (Å²) in [5.41, 5.74) is 1.37. The molecule has 0 saturated heterocycles. The minimum atomic E-state index is 0.598. The smallest absolute Gasteiger partial charge is 0.109 e. The molecule has 1 atom stereocenters. The molecule has 0 aliphatic heterocycles. The lowest BCUT2D eigenvalue weighted by Crippen LogP contribution is -2.09. The van der Waals surface area contributed by atoms with Crippen LogP contribution in [0.25, 0.3) is 0 Å². The van der Waals surface area contributed by atoms with E-state index < -0.39 is 0 Å². The zero-order valence-corrected chi connectivity index (χ0v) is 32.5. The lowest BCUT2D eigenvalue weighted by Gasteiger charge is -2.16. The van der Waals surface area contributed by atoms with Crippen molar-refractivity contribution < 1.29 is 0 Å². The Balaban J connectivity index is 2.23. The maximum absolute atomic E-state index is 5.23. The van der Waals surface area contributed by atoms with E-state index in [1.165, 1.54) is 243 Å². The van der Waals surface area contributed by atoms with E-state index in [9.17, 15) is 0 Å². The average molecular weight is 643 g/mol. The summed E-state index contributed by atoms with van der Waals surface area (Å²) >= 11 is 0. The molecular formula is C44H86N2. The minimum Gasteiger partial charge on any atom is -0.332 e. The van der Waals surface area contributed by atoms with E-state index in [2.05, 4.69) is 38.5 Å². The highest BCUT2D eigenvalue weighted by molar-refractivity contribution is 5.06. The normalized spacial score (nSPS) is 12.3. The zero-order chi connectivity index (χ0) is 33.2. The topological polar surface area (TPSA) is 17.8 Å². The molecule has 1 aromatic rings. The van der Waals surface area contributed by atoms with Crippen LogP contribution in [0.15, 0.2) is 6.20 Å². The van der Waals surface area contributed by atoms with Gasteiger partial charge in [0.25, 0.3) is 0 Å². The van der Waals surface area contributed by atoms with Crippen LogP contribution in [-0.2, 0) is 12.8 Å². The Morgan fingerprint density at radius 3 is 1.09 bits per heavy atom. The number of imidazole rings is 1. The molecule has 2 heteroatoms. The number of aromatic nitrogens is 2. The molecule has 0 bridgehead atoms. The van der Waals surface area contributed by atoms with Crippen molar-refractivity contribution in [3.05, 3.63) is 17.7 Å². The summed E-state index contributed by atoms with van der Waals surface area (Å²) < 4.78 is 2.60. The third-order valence-electron chi connectivity index (χ3n) is 10.6. The fraction of sp³-hybridized carbons (Fsp3) is 0.932. The molecule has 272 valence electrons. The molecule has 0 aliphatic carbocycles. The first-order valence-corrected chi connectivity index (χ1v) is 21.8. The molecule has 0 N–H and O–H groups in total. The first kappa shape index (κ1) is 43.2. The van der Waals surface area contributed by atoms with Gasteiger partial charge in [-0.05, 0) is 32.6 Å². The van der Waals surface area contributed by atoms with Gasteiger partial charge in [0.2, 0.25) is 0 Å². The molecule has 0 aromatic carbocycles. The predicted molar refractivity (Wildman–Crippen MR) is 208 cm³/mol. The Kier molecular flexibility index (Phi) is 32.0. The summed E-state index contributed by atoms with van der Waals surface area (Å²) in [6.45, 7) is 9.39. The van der Waals surface area contributed by atoms with Gasteiger partial charge in [-0.25, -0.2) is 4.98 Å². The van der Waals surface area contributed by atoms with E-state index >= 15 is 0 Å². The van der Waals surface area contributed by atoms with E-state index in [0.29, 0.717) is 6.04 Å². The Labute approximate surface area is 291 Å². The summed E-state index contributed by atoms with van der Waals surface area (Å²) in [7, 11) is 0. The molecule has 46 heavy (non-hydrogen) atoms. The second kappa shape index (κ2) is 34.1. The van der Waals surface area contributed by atoms with Crippen LogP contribution in [-0.4, -0.2) is 9.55 Å². The molecule has 2 nitrogen and oxygen atoms in total. The molecular weight excluding hydrogens is 556 g/mol. The largest absolute Gasteiger partial charge is 0.332 e. The van der Waals surface area contributed by atoms with Crippen LogP contribution in [0.5, 0.6) is 0 Å². The predicted octanol–water partition coefficient (Wildman–Crippen LogP) is 15.9. The first-order chi connectivity index (χ1) is 22.7. The number of hydrogen-bond acceptors (Lipinski definition) is 1. The van der Waals surface area contributed by atoms with Gasteiger partial charge in [0.15, 0.2) is 0 Å². The van der Waals surface area contributed by atoms with E-state index in [1.807, 2.05) is 0 Å². The fourth-order valence-electron chi connectivity index (χ4n) is 7.34. The van der Waals surface area contributed by atoms with Crippen LogP contribution >= 0.6 is 0 Å². The van der Waals surface area contributed by atoms with Crippen molar-refractivity contribution in [2.75, 3.05) is 0 Å². The number of hydrogen-bond donors (Lipinski definition) is 0. The SMILES string of the molecule is CCCCCCCCCCCCCCCCCCc1nc(CCCCCCC)cn1C(C)CCCCCCCCCCCCCC. The van der Waals surface area contributed by atoms with Gasteiger partial charge in [0.05, 0.1) is 5.69 Å². The Morgan fingerprint density at radius 2 is 0.717 bits per heavy atom. The van der Waals surface area contributed by atoms with E-state index in [0.717, 1.165) is 0 Å². The number of unbranched alkanes of at least 4 members (excludes halogenated alkanes) is 30. The van der Waals surface area contributed by atoms with E-state index in [-0.39, 0.29) is 0 Å². The average Bonchev–Trinajstić information content (AvgIpc) is 3.47. The molecule has 1 rings (SSSR count). The summed E-state index contributed by atoms with van der Waals surface area (Å²) in [5.74, 6) is 1.39. The quantitative estimate of drug-likeness (QED) is 0.0660. The molecule has 1 heterocycles. The minimum absolute atomic E-state index is 0.598. The van der Waals surface area contributed by atoms with Crippen LogP contribution < -0.4 is 0 Å². The Hall–Kier alpha value is -0.790. The number of nitrogens with zero attached hydrogens (tertiary/aromatic N) is 2. The highest BCUT2D eigenvalue weighted by Gasteiger charge is 2.13. The summed E-state index contributed by atoms with van der Waals surface area (Å²) in [6, 6.07) is 0.598. The van der Waals surface area contributed by atoms with Gasteiger partial charge in [-0.1, -0.05) is 220 Å². The first-order valence-electron chi connectivity index (χ1n) is 21.8. The lowest BCUT2D eigenvalue weighted by molar-refractivity contribution is 0.449. The van der Waals surface area contributed by atoms with Gasteiger partial charge < -0.3 is 4.57 Å². The third-order valence-corrected chi connectivity index (χ3v) is 10.6. The summed E-state index contributed by atoms with van der Waals surface area (Å²) in [4.78, 5) is 5.23. The van der Waals surface area contributed by atoms with Crippen molar-refractivity contribution in [1.82, 2.24) is 9.55 Å². The fourth-order valence-corrected chi connectivity index (χ4v) is 7.34. The van der Waals surface area contributed by atoms with Crippen LogP contribution in [0.4, 0.5) is 0 Å². The van der Waals surface area contributed by atoms with Crippen LogP contribution in [0.1, 0.15) is 264 Å². The molecule has 0 saturated carbocycles. The third kappa shape index (κ3) is 26.2. The highest BCUT2D eigenvalue weighted by Crippen LogP contribution is 2.23. The zero-order valence-electron chi connectivity index (χ0n) is 32.5. The molecule has 0 fully saturated rings. The molecule has 1 aromatic heterocycles. The van der Waals surface area contributed by atoms with Crippen LogP contribution in [0.2, 0.25) is 0 Å². The Bertz CT molecular complexity index is 721. The lowest BCUT2D eigenvalue weighted by atomic mass is 10.0.